The van der Waals surface area contributed by atoms with Crippen LogP contribution in [-0.2, 0) is 0 Å². The SMILES string of the molecule is CCOc1ccc(NC(=O)c2ccc(NC(=O)c3cc(C)ccc3F)cc2)cc1. The number of aryl methyl sites for hydroxylation is 1. The minimum Gasteiger partial charge on any atom is -0.494 e. The van der Waals surface area contributed by atoms with Crippen molar-refractivity contribution in [2.24, 2.45) is 0 Å². The van der Waals surface area contributed by atoms with Gasteiger partial charge in [-0.15, -0.1) is 0 Å². The van der Waals surface area contributed by atoms with E-state index in [2.05, 4.69) is 10.6 Å². The van der Waals surface area contributed by atoms with Gasteiger partial charge in [0.2, 0.25) is 0 Å². The summed E-state index contributed by atoms with van der Waals surface area (Å²) in [7, 11) is 0. The van der Waals surface area contributed by atoms with Crippen LogP contribution in [0, 0.1) is 12.7 Å². The van der Waals surface area contributed by atoms with Gasteiger partial charge in [-0.25, -0.2) is 4.39 Å². The molecule has 29 heavy (non-hydrogen) atoms. The van der Waals surface area contributed by atoms with E-state index < -0.39 is 11.7 Å². The van der Waals surface area contributed by atoms with Crippen LogP contribution in [0.2, 0.25) is 0 Å². The zero-order valence-corrected chi connectivity index (χ0v) is 16.2. The van der Waals surface area contributed by atoms with Crippen molar-refractivity contribution in [2.45, 2.75) is 13.8 Å². The smallest absolute Gasteiger partial charge is 0.258 e. The molecule has 5 nitrogen and oxygen atoms in total. The monoisotopic (exact) mass is 392 g/mol. The molecule has 148 valence electrons. The number of amides is 2. The predicted octanol–water partition coefficient (Wildman–Crippen LogP) is 5.04. The van der Waals surface area contributed by atoms with Crippen molar-refractivity contribution in [3.05, 3.63) is 89.2 Å². The van der Waals surface area contributed by atoms with Crippen molar-refractivity contribution >= 4 is 23.2 Å². The molecule has 2 N–H and O–H groups in total. The van der Waals surface area contributed by atoms with E-state index >= 15 is 0 Å². The van der Waals surface area contributed by atoms with Gasteiger partial charge in [0.25, 0.3) is 11.8 Å². The third kappa shape index (κ3) is 5.19. The van der Waals surface area contributed by atoms with Crippen LogP contribution in [0.1, 0.15) is 33.2 Å². The van der Waals surface area contributed by atoms with Crippen LogP contribution in [0.15, 0.2) is 66.7 Å². The largest absolute Gasteiger partial charge is 0.494 e. The fourth-order valence-corrected chi connectivity index (χ4v) is 2.72. The summed E-state index contributed by atoms with van der Waals surface area (Å²) in [6, 6.07) is 17.8. The molecule has 0 saturated carbocycles. The highest BCUT2D eigenvalue weighted by atomic mass is 19.1. The molecule has 0 aliphatic heterocycles. The van der Waals surface area contributed by atoms with E-state index in [1.807, 2.05) is 6.92 Å². The predicted molar refractivity (Wildman–Crippen MR) is 111 cm³/mol. The van der Waals surface area contributed by atoms with Gasteiger partial charge in [0.05, 0.1) is 12.2 Å². The topological polar surface area (TPSA) is 67.4 Å². The Morgan fingerprint density at radius 3 is 2.07 bits per heavy atom. The lowest BCUT2D eigenvalue weighted by molar-refractivity contribution is 0.101. The van der Waals surface area contributed by atoms with Gasteiger partial charge in [0.15, 0.2) is 0 Å². The van der Waals surface area contributed by atoms with E-state index in [-0.39, 0.29) is 11.5 Å². The number of carbonyl (C=O) groups excluding carboxylic acids is 2. The third-order valence-electron chi connectivity index (χ3n) is 4.19. The van der Waals surface area contributed by atoms with Crippen molar-refractivity contribution in [2.75, 3.05) is 17.2 Å². The third-order valence-corrected chi connectivity index (χ3v) is 4.19. The van der Waals surface area contributed by atoms with Gasteiger partial charge < -0.3 is 15.4 Å². The summed E-state index contributed by atoms with van der Waals surface area (Å²) in [4.78, 5) is 24.7. The Hall–Kier alpha value is -3.67. The molecule has 0 bridgehead atoms. The number of nitrogens with one attached hydrogen (secondary N) is 2. The summed E-state index contributed by atoms with van der Waals surface area (Å²) in [5.41, 5.74) is 2.30. The first-order valence-corrected chi connectivity index (χ1v) is 9.18. The van der Waals surface area contributed by atoms with E-state index in [0.717, 1.165) is 11.3 Å². The highest BCUT2D eigenvalue weighted by Crippen LogP contribution is 2.18. The van der Waals surface area contributed by atoms with Gasteiger partial charge in [-0.2, -0.15) is 0 Å². The van der Waals surface area contributed by atoms with Crippen molar-refractivity contribution in [1.82, 2.24) is 0 Å². The molecule has 0 atom stereocenters. The lowest BCUT2D eigenvalue weighted by Gasteiger charge is -2.09. The zero-order valence-electron chi connectivity index (χ0n) is 16.2. The van der Waals surface area contributed by atoms with Crippen molar-refractivity contribution in [1.29, 1.82) is 0 Å². The van der Waals surface area contributed by atoms with E-state index in [1.165, 1.54) is 12.1 Å². The second-order valence-electron chi connectivity index (χ2n) is 6.43. The minimum absolute atomic E-state index is 0.0256. The summed E-state index contributed by atoms with van der Waals surface area (Å²) < 4.78 is 19.2. The molecular formula is C23H21FN2O3. The molecular weight excluding hydrogens is 371 g/mol. The molecule has 0 saturated heterocycles. The Labute approximate surface area is 168 Å². The summed E-state index contributed by atoms with van der Waals surface area (Å²) >= 11 is 0. The number of benzene rings is 3. The van der Waals surface area contributed by atoms with Crippen molar-refractivity contribution < 1.29 is 18.7 Å². The maximum absolute atomic E-state index is 13.8. The van der Waals surface area contributed by atoms with Gasteiger partial charge in [-0.3, -0.25) is 9.59 Å². The lowest BCUT2D eigenvalue weighted by atomic mass is 10.1. The number of carbonyl (C=O) groups is 2. The van der Waals surface area contributed by atoms with E-state index in [0.29, 0.717) is 23.5 Å². The molecule has 3 aromatic carbocycles. The second-order valence-corrected chi connectivity index (χ2v) is 6.43. The maximum atomic E-state index is 13.8. The number of hydrogen-bond acceptors (Lipinski definition) is 3. The number of hydrogen-bond donors (Lipinski definition) is 2. The van der Waals surface area contributed by atoms with Crippen LogP contribution >= 0.6 is 0 Å². The van der Waals surface area contributed by atoms with Crippen molar-refractivity contribution in [3.63, 3.8) is 0 Å². The molecule has 0 aliphatic carbocycles. The molecule has 0 aromatic heterocycles. The first kappa shape index (κ1) is 20.1. The average Bonchev–Trinajstić information content (AvgIpc) is 2.72. The van der Waals surface area contributed by atoms with Crippen LogP contribution in [0.5, 0.6) is 5.75 Å². The van der Waals surface area contributed by atoms with E-state index in [9.17, 15) is 14.0 Å². The van der Waals surface area contributed by atoms with Crippen molar-refractivity contribution in [3.8, 4) is 5.75 Å². The van der Waals surface area contributed by atoms with Crippen LogP contribution in [0.3, 0.4) is 0 Å². The van der Waals surface area contributed by atoms with Gasteiger partial charge in [-0.05, 0) is 74.5 Å². The molecule has 0 spiro atoms. The summed E-state index contributed by atoms with van der Waals surface area (Å²) in [5.74, 6) is -0.676. The molecule has 3 aromatic rings. The Kier molecular flexibility index (Phi) is 6.24. The summed E-state index contributed by atoms with van der Waals surface area (Å²) in [5, 5.41) is 5.43. The fourth-order valence-electron chi connectivity index (χ4n) is 2.72. The normalized spacial score (nSPS) is 10.3. The zero-order chi connectivity index (χ0) is 20.8. The van der Waals surface area contributed by atoms with Crippen LogP contribution in [-0.4, -0.2) is 18.4 Å². The van der Waals surface area contributed by atoms with Gasteiger partial charge >= 0.3 is 0 Å². The van der Waals surface area contributed by atoms with Crippen LogP contribution in [0.25, 0.3) is 0 Å². The minimum atomic E-state index is -0.584. The second kappa shape index (κ2) is 9.01. The number of halogens is 1. The van der Waals surface area contributed by atoms with Crippen LogP contribution < -0.4 is 15.4 Å². The highest BCUT2D eigenvalue weighted by Gasteiger charge is 2.13. The molecule has 0 fully saturated rings. The quantitative estimate of drug-likeness (QED) is 0.618. The number of rotatable bonds is 6. The van der Waals surface area contributed by atoms with Gasteiger partial charge in [-0.1, -0.05) is 11.6 Å². The summed E-state index contributed by atoms with van der Waals surface area (Å²) in [6.45, 7) is 4.26. The molecule has 0 unspecified atom stereocenters. The molecule has 0 radical (unpaired) electrons. The number of anilines is 2. The lowest BCUT2D eigenvalue weighted by Crippen LogP contribution is -2.15. The first-order chi connectivity index (χ1) is 14.0. The number of ether oxygens (including phenoxy) is 1. The van der Waals surface area contributed by atoms with Gasteiger partial charge in [0, 0.05) is 16.9 Å². The average molecular weight is 392 g/mol. The standard InChI is InChI=1S/C23H21FN2O3/c1-3-29-19-11-9-18(10-12-19)25-22(27)16-5-7-17(8-6-16)26-23(28)20-14-15(2)4-13-21(20)24/h4-14H,3H2,1-2H3,(H,25,27)(H,26,28). The molecule has 6 heteroatoms. The Bertz CT molecular complexity index is 1020. The first-order valence-electron chi connectivity index (χ1n) is 9.18. The fraction of sp³-hybridized carbons (Fsp3) is 0.130. The van der Waals surface area contributed by atoms with Crippen LogP contribution in [0.4, 0.5) is 15.8 Å². The molecule has 0 aliphatic rings. The maximum Gasteiger partial charge on any atom is 0.258 e. The van der Waals surface area contributed by atoms with E-state index in [1.54, 1.807) is 61.5 Å². The Morgan fingerprint density at radius 2 is 1.45 bits per heavy atom. The highest BCUT2D eigenvalue weighted by molar-refractivity contribution is 6.06. The Morgan fingerprint density at radius 1 is 0.862 bits per heavy atom. The molecule has 0 heterocycles. The van der Waals surface area contributed by atoms with Gasteiger partial charge in [0.1, 0.15) is 11.6 Å². The summed E-state index contributed by atoms with van der Waals surface area (Å²) in [6.07, 6.45) is 0. The molecule has 3 rings (SSSR count). The van der Waals surface area contributed by atoms with E-state index in [4.69, 9.17) is 4.74 Å². The Balaban J connectivity index is 1.64. The molecule has 2 amide bonds.